The van der Waals surface area contributed by atoms with Crippen LogP contribution in [-0.4, -0.2) is 17.1 Å². The SMILES string of the molecule is O=C(N/C=C/c1ccc(Cl)cc1)Nc1ccc(C(=O)O)cc1. The summed E-state index contributed by atoms with van der Waals surface area (Å²) in [7, 11) is 0. The first kappa shape index (κ1) is 15.6. The van der Waals surface area contributed by atoms with Gasteiger partial charge in [0.2, 0.25) is 0 Å². The van der Waals surface area contributed by atoms with Gasteiger partial charge in [0.15, 0.2) is 0 Å². The summed E-state index contributed by atoms with van der Waals surface area (Å²) in [6.45, 7) is 0. The molecule has 6 heteroatoms. The fraction of sp³-hybridized carbons (Fsp3) is 0. The molecule has 2 aromatic carbocycles. The Labute approximate surface area is 132 Å². The number of urea groups is 1. The van der Waals surface area contributed by atoms with Gasteiger partial charge in [-0.1, -0.05) is 23.7 Å². The molecule has 0 aromatic heterocycles. The molecule has 0 spiro atoms. The van der Waals surface area contributed by atoms with Crippen molar-refractivity contribution in [3.8, 4) is 0 Å². The topological polar surface area (TPSA) is 78.4 Å². The number of carbonyl (C=O) groups is 2. The number of amides is 2. The first-order valence-electron chi connectivity index (χ1n) is 6.37. The number of hydrogen-bond acceptors (Lipinski definition) is 2. The zero-order chi connectivity index (χ0) is 15.9. The first-order chi connectivity index (χ1) is 10.5. The maximum Gasteiger partial charge on any atom is 0.335 e. The molecule has 22 heavy (non-hydrogen) atoms. The molecule has 2 aromatic rings. The van der Waals surface area contributed by atoms with Gasteiger partial charge >= 0.3 is 12.0 Å². The van der Waals surface area contributed by atoms with Crippen molar-refractivity contribution in [2.24, 2.45) is 0 Å². The van der Waals surface area contributed by atoms with Gasteiger partial charge < -0.3 is 15.7 Å². The van der Waals surface area contributed by atoms with E-state index in [9.17, 15) is 9.59 Å². The molecule has 0 saturated carbocycles. The molecule has 2 rings (SSSR count). The zero-order valence-electron chi connectivity index (χ0n) is 11.4. The highest BCUT2D eigenvalue weighted by Crippen LogP contribution is 2.11. The van der Waals surface area contributed by atoms with Crippen LogP contribution in [0, 0.1) is 0 Å². The lowest BCUT2D eigenvalue weighted by Gasteiger charge is -2.04. The standard InChI is InChI=1S/C16H13ClN2O3/c17-13-5-1-11(2-6-13)9-10-18-16(22)19-14-7-3-12(4-8-14)15(20)21/h1-10H,(H,20,21)(H2,18,19,22)/b10-9+. The zero-order valence-corrected chi connectivity index (χ0v) is 12.2. The third-order valence-electron chi connectivity index (χ3n) is 2.75. The number of nitrogens with one attached hydrogen (secondary N) is 2. The minimum absolute atomic E-state index is 0.161. The van der Waals surface area contributed by atoms with E-state index >= 15 is 0 Å². The van der Waals surface area contributed by atoms with Crippen molar-refractivity contribution in [3.05, 3.63) is 70.9 Å². The largest absolute Gasteiger partial charge is 0.478 e. The maximum atomic E-state index is 11.7. The summed E-state index contributed by atoms with van der Waals surface area (Å²) in [5.41, 5.74) is 1.56. The first-order valence-corrected chi connectivity index (χ1v) is 6.75. The summed E-state index contributed by atoms with van der Waals surface area (Å²) in [6, 6.07) is 12.6. The van der Waals surface area contributed by atoms with E-state index in [1.165, 1.54) is 30.5 Å². The van der Waals surface area contributed by atoms with Crippen LogP contribution in [0.5, 0.6) is 0 Å². The van der Waals surface area contributed by atoms with Gasteiger partial charge in [0.1, 0.15) is 0 Å². The van der Waals surface area contributed by atoms with Crippen LogP contribution in [0.1, 0.15) is 15.9 Å². The molecule has 0 fully saturated rings. The lowest BCUT2D eigenvalue weighted by atomic mass is 10.2. The lowest BCUT2D eigenvalue weighted by Crippen LogP contribution is -2.23. The van der Waals surface area contributed by atoms with Crippen LogP contribution in [0.25, 0.3) is 6.08 Å². The molecular weight excluding hydrogens is 304 g/mol. The molecule has 0 bridgehead atoms. The number of carboxylic acids is 1. The fourth-order valence-corrected chi connectivity index (χ4v) is 1.78. The van der Waals surface area contributed by atoms with Gasteiger partial charge in [-0.2, -0.15) is 0 Å². The third kappa shape index (κ3) is 4.64. The highest BCUT2D eigenvalue weighted by Gasteiger charge is 2.03. The molecule has 0 aliphatic heterocycles. The second-order valence-electron chi connectivity index (χ2n) is 4.37. The van der Waals surface area contributed by atoms with Crippen molar-refractivity contribution in [1.82, 2.24) is 5.32 Å². The summed E-state index contributed by atoms with van der Waals surface area (Å²) >= 11 is 5.78. The van der Waals surface area contributed by atoms with Gasteiger partial charge in [-0.3, -0.25) is 0 Å². The third-order valence-corrected chi connectivity index (χ3v) is 3.00. The Kier molecular flexibility index (Phi) is 5.16. The number of carbonyl (C=O) groups excluding carboxylic acids is 1. The molecule has 0 heterocycles. The van der Waals surface area contributed by atoms with Crippen LogP contribution in [0.2, 0.25) is 5.02 Å². The smallest absolute Gasteiger partial charge is 0.335 e. The molecule has 112 valence electrons. The highest BCUT2D eigenvalue weighted by atomic mass is 35.5. The van der Waals surface area contributed by atoms with Crippen molar-refractivity contribution in [3.63, 3.8) is 0 Å². The number of aromatic carboxylic acids is 1. The molecule has 0 saturated heterocycles. The van der Waals surface area contributed by atoms with Gasteiger partial charge in [-0.25, -0.2) is 9.59 Å². The molecule has 3 N–H and O–H groups in total. The molecule has 5 nitrogen and oxygen atoms in total. The number of benzene rings is 2. The van der Waals surface area contributed by atoms with E-state index in [0.717, 1.165) is 5.56 Å². The molecule has 0 unspecified atom stereocenters. The van der Waals surface area contributed by atoms with Crippen molar-refractivity contribution in [2.45, 2.75) is 0 Å². The molecular formula is C16H13ClN2O3. The number of rotatable bonds is 4. The Hall–Kier alpha value is -2.79. The van der Waals surface area contributed by atoms with Gasteiger partial charge in [0.25, 0.3) is 0 Å². The van der Waals surface area contributed by atoms with E-state index in [1.54, 1.807) is 18.2 Å². The minimum Gasteiger partial charge on any atom is -0.478 e. The Balaban J connectivity index is 1.87. The Bertz CT molecular complexity index is 694. The van der Waals surface area contributed by atoms with Crippen molar-refractivity contribution < 1.29 is 14.7 Å². The van der Waals surface area contributed by atoms with Crippen LogP contribution < -0.4 is 10.6 Å². The van der Waals surface area contributed by atoms with Crippen molar-refractivity contribution >= 4 is 35.4 Å². The van der Waals surface area contributed by atoms with E-state index in [0.29, 0.717) is 10.7 Å². The van der Waals surface area contributed by atoms with Gasteiger partial charge in [-0.15, -0.1) is 0 Å². The lowest BCUT2D eigenvalue weighted by molar-refractivity contribution is 0.0697. The Morgan fingerprint density at radius 3 is 2.23 bits per heavy atom. The Morgan fingerprint density at radius 2 is 1.64 bits per heavy atom. The highest BCUT2D eigenvalue weighted by molar-refractivity contribution is 6.30. The summed E-state index contributed by atoms with van der Waals surface area (Å²) < 4.78 is 0. The summed E-state index contributed by atoms with van der Waals surface area (Å²) in [4.78, 5) is 22.4. The molecule has 0 radical (unpaired) electrons. The minimum atomic E-state index is -1.01. The molecule has 0 aliphatic carbocycles. The van der Waals surface area contributed by atoms with Crippen LogP contribution >= 0.6 is 11.6 Å². The van der Waals surface area contributed by atoms with Crippen molar-refractivity contribution in [1.29, 1.82) is 0 Å². The maximum absolute atomic E-state index is 11.7. The van der Waals surface area contributed by atoms with E-state index in [2.05, 4.69) is 10.6 Å². The normalized spacial score (nSPS) is 10.4. The van der Waals surface area contributed by atoms with Crippen molar-refractivity contribution in [2.75, 3.05) is 5.32 Å². The predicted octanol–water partition coefficient (Wildman–Crippen LogP) is 3.83. The summed E-state index contributed by atoms with van der Waals surface area (Å²) in [5.74, 6) is -1.01. The predicted molar refractivity (Wildman–Crippen MR) is 86.0 cm³/mol. The van der Waals surface area contributed by atoms with Crippen LogP contribution in [0.15, 0.2) is 54.7 Å². The van der Waals surface area contributed by atoms with Crippen LogP contribution in [0.4, 0.5) is 10.5 Å². The Morgan fingerprint density at radius 1 is 1.00 bits per heavy atom. The van der Waals surface area contributed by atoms with E-state index in [4.69, 9.17) is 16.7 Å². The number of halogens is 1. The van der Waals surface area contributed by atoms with Gasteiger partial charge in [0.05, 0.1) is 5.56 Å². The number of carboxylic acid groups (broad SMARTS) is 1. The van der Waals surface area contributed by atoms with Crippen LogP contribution in [0.3, 0.4) is 0 Å². The molecule has 2 amide bonds. The number of hydrogen-bond donors (Lipinski definition) is 3. The van der Waals surface area contributed by atoms with Gasteiger partial charge in [-0.05, 0) is 48.0 Å². The summed E-state index contributed by atoms with van der Waals surface area (Å²) in [5, 5.41) is 14.6. The average molecular weight is 317 g/mol. The van der Waals surface area contributed by atoms with Crippen LogP contribution in [-0.2, 0) is 0 Å². The fourth-order valence-electron chi connectivity index (χ4n) is 1.65. The van der Waals surface area contributed by atoms with E-state index in [1.807, 2.05) is 12.1 Å². The molecule has 0 aliphatic rings. The second kappa shape index (κ2) is 7.28. The summed E-state index contributed by atoms with van der Waals surface area (Å²) in [6.07, 6.45) is 3.23. The monoisotopic (exact) mass is 316 g/mol. The molecule has 0 atom stereocenters. The van der Waals surface area contributed by atoms with Gasteiger partial charge in [0, 0.05) is 16.9 Å². The number of anilines is 1. The quantitative estimate of drug-likeness (QED) is 0.802. The van der Waals surface area contributed by atoms with E-state index in [-0.39, 0.29) is 5.56 Å². The average Bonchev–Trinajstić information content (AvgIpc) is 2.50. The van der Waals surface area contributed by atoms with E-state index < -0.39 is 12.0 Å². The second-order valence-corrected chi connectivity index (χ2v) is 4.80.